The van der Waals surface area contributed by atoms with Crippen molar-refractivity contribution < 1.29 is 9.90 Å². The maximum absolute atomic E-state index is 12.7. The van der Waals surface area contributed by atoms with Crippen LogP contribution in [0.5, 0.6) is 0 Å². The lowest BCUT2D eigenvalue weighted by Crippen LogP contribution is -2.42. The van der Waals surface area contributed by atoms with Crippen LogP contribution in [0.4, 0.5) is 0 Å². The number of aliphatic hydroxyl groups is 1. The van der Waals surface area contributed by atoms with E-state index < -0.39 is 6.10 Å². The van der Waals surface area contributed by atoms with Crippen molar-refractivity contribution in [2.75, 3.05) is 0 Å². The number of amides is 1. The Bertz CT molecular complexity index is 680. The van der Waals surface area contributed by atoms with Crippen molar-refractivity contribution in [3.63, 3.8) is 0 Å². The predicted molar refractivity (Wildman–Crippen MR) is 99.8 cm³/mol. The summed E-state index contributed by atoms with van der Waals surface area (Å²) in [4.78, 5) is 14.5. The van der Waals surface area contributed by atoms with Crippen LogP contribution in [-0.4, -0.2) is 28.0 Å². The summed E-state index contributed by atoms with van der Waals surface area (Å²) in [5, 5.41) is 13.0. The van der Waals surface area contributed by atoms with Crippen molar-refractivity contribution in [3.05, 3.63) is 48.0 Å². The first-order chi connectivity index (χ1) is 11.3. The Kier molecular flexibility index (Phi) is 6.00. The fourth-order valence-corrected chi connectivity index (χ4v) is 3.48. The average molecular weight is 327 g/mol. The predicted octanol–water partition coefficient (Wildman–Crippen LogP) is 4.54. The monoisotopic (exact) mass is 327 g/mol. The Morgan fingerprint density at radius 1 is 0.958 bits per heavy atom. The van der Waals surface area contributed by atoms with Gasteiger partial charge in [-0.25, -0.2) is 0 Å². The molecule has 1 N–H and O–H groups in total. The van der Waals surface area contributed by atoms with Gasteiger partial charge in [0.25, 0.3) is 0 Å². The van der Waals surface area contributed by atoms with Crippen molar-refractivity contribution in [1.29, 1.82) is 0 Å². The third kappa shape index (κ3) is 3.96. The molecule has 2 aromatic carbocycles. The molecule has 0 saturated carbocycles. The summed E-state index contributed by atoms with van der Waals surface area (Å²) in [6.45, 7) is 10.1. The highest BCUT2D eigenvalue weighted by atomic mass is 16.3. The summed E-state index contributed by atoms with van der Waals surface area (Å²) >= 11 is 0. The van der Waals surface area contributed by atoms with Gasteiger partial charge in [0, 0.05) is 18.5 Å². The molecule has 0 spiro atoms. The number of aliphatic hydroxyl groups excluding tert-OH is 1. The SMILES string of the molecule is CC(C)N(C(=O)C[C@@H](C)[C@@H](O)c1cccc2ccccc12)C(C)C. The van der Waals surface area contributed by atoms with Crippen LogP contribution >= 0.6 is 0 Å². The highest BCUT2D eigenvalue weighted by Gasteiger charge is 2.26. The summed E-state index contributed by atoms with van der Waals surface area (Å²) in [6.07, 6.45) is -0.304. The van der Waals surface area contributed by atoms with Crippen molar-refractivity contribution in [1.82, 2.24) is 4.90 Å². The molecule has 0 fully saturated rings. The summed E-state index contributed by atoms with van der Waals surface area (Å²) < 4.78 is 0. The Balaban J connectivity index is 2.20. The first-order valence-corrected chi connectivity index (χ1v) is 8.79. The first-order valence-electron chi connectivity index (χ1n) is 8.79. The summed E-state index contributed by atoms with van der Waals surface area (Å²) in [5.74, 6) is -0.0323. The maximum atomic E-state index is 12.7. The van der Waals surface area contributed by atoms with Gasteiger partial charge >= 0.3 is 0 Å². The molecule has 3 heteroatoms. The minimum atomic E-state index is -0.652. The molecule has 0 radical (unpaired) electrons. The molecule has 3 nitrogen and oxygen atoms in total. The Hall–Kier alpha value is -1.87. The lowest BCUT2D eigenvalue weighted by Gasteiger charge is -2.32. The normalized spacial score (nSPS) is 14.2. The second kappa shape index (κ2) is 7.80. The van der Waals surface area contributed by atoms with Crippen molar-refractivity contribution in [2.24, 2.45) is 5.92 Å². The van der Waals surface area contributed by atoms with Crippen molar-refractivity contribution >= 4 is 16.7 Å². The zero-order valence-corrected chi connectivity index (χ0v) is 15.4. The molecule has 0 heterocycles. The van der Waals surface area contributed by atoms with Gasteiger partial charge < -0.3 is 10.0 Å². The molecule has 0 bridgehead atoms. The molecule has 0 aliphatic carbocycles. The molecule has 130 valence electrons. The van der Waals surface area contributed by atoms with Crippen LogP contribution in [0.1, 0.15) is 52.7 Å². The second-order valence-electron chi connectivity index (χ2n) is 7.18. The van der Waals surface area contributed by atoms with Gasteiger partial charge in [-0.1, -0.05) is 49.4 Å². The number of benzene rings is 2. The number of fused-ring (bicyclic) bond motifs is 1. The van der Waals surface area contributed by atoms with E-state index >= 15 is 0 Å². The van der Waals surface area contributed by atoms with E-state index in [-0.39, 0.29) is 23.9 Å². The molecule has 0 aliphatic rings. The van der Waals surface area contributed by atoms with Gasteiger partial charge in [-0.15, -0.1) is 0 Å². The van der Waals surface area contributed by atoms with Crippen LogP contribution in [0.2, 0.25) is 0 Å². The minimum absolute atomic E-state index is 0.104. The summed E-state index contributed by atoms with van der Waals surface area (Å²) in [6, 6.07) is 14.3. The molecule has 0 aromatic heterocycles. The molecule has 0 unspecified atom stereocenters. The van der Waals surface area contributed by atoms with Gasteiger partial charge in [0.1, 0.15) is 0 Å². The van der Waals surface area contributed by atoms with Gasteiger partial charge in [-0.05, 0) is 49.9 Å². The van der Waals surface area contributed by atoms with Gasteiger partial charge in [-0.3, -0.25) is 4.79 Å². The van der Waals surface area contributed by atoms with E-state index in [1.807, 2.05) is 82.0 Å². The van der Waals surface area contributed by atoms with E-state index in [0.29, 0.717) is 6.42 Å². The molecule has 24 heavy (non-hydrogen) atoms. The number of hydrogen-bond donors (Lipinski definition) is 1. The lowest BCUT2D eigenvalue weighted by atomic mass is 9.90. The highest BCUT2D eigenvalue weighted by Crippen LogP contribution is 2.31. The molecular weight excluding hydrogens is 298 g/mol. The Morgan fingerprint density at radius 2 is 1.54 bits per heavy atom. The molecule has 0 aliphatic heterocycles. The molecule has 1 amide bonds. The number of rotatable bonds is 6. The van der Waals surface area contributed by atoms with Crippen LogP contribution in [0.15, 0.2) is 42.5 Å². The molecule has 2 rings (SSSR count). The number of carbonyl (C=O) groups is 1. The second-order valence-corrected chi connectivity index (χ2v) is 7.18. The largest absolute Gasteiger partial charge is 0.388 e. The van der Waals surface area contributed by atoms with E-state index in [1.54, 1.807) is 0 Å². The van der Waals surface area contributed by atoms with Crippen LogP contribution < -0.4 is 0 Å². The van der Waals surface area contributed by atoms with E-state index in [4.69, 9.17) is 0 Å². The summed E-state index contributed by atoms with van der Waals surface area (Å²) in [5.41, 5.74) is 0.897. The highest BCUT2D eigenvalue weighted by molar-refractivity contribution is 5.86. The van der Waals surface area contributed by atoms with Gasteiger partial charge in [0.05, 0.1) is 6.10 Å². The molecule has 0 saturated heterocycles. The fourth-order valence-electron chi connectivity index (χ4n) is 3.48. The zero-order chi connectivity index (χ0) is 17.9. The van der Waals surface area contributed by atoms with Crippen LogP contribution in [0.3, 0.4) is 0 Å². The van der Waals surface area contributed by atoms with Gasteiger partial charge in [-0.2, -0.15) is 0 Å². The standard InChI is InChI=1S/C21H29NO2/c1-14(2)22(15(3)4)20(23)13-16(5)21(24)19-12-8-10-17-9-6-7-11-18(17)19/h6-12,14-16,21,24H,13H2,1-5H3/t16-,21-/m1/s1. The molecular formula is C21H29NO2. The Labute approximate surface area is 145 Å². The topological polar surface area (TPSA) is 40.5 Å². The lowest BCUT2D eigenvalue weighted by molar-refractivity contribution is -0.136. The quantitative estimate of drug-likeness (QED) is 0.846. The van der Waals surface area contributed by atoms with Crippen molar-refractivity contribution in [2.45, 2.75) is 59.2 Å². The van der Waals surface area contributed by atoms with E-state index in [1.165, 1.54) is 0 Å². The van der Waals surface area contributed by atoms with Crippen LogP contribution in [-0.2, 0) is 4.79 Å². The van der Waals surface area contributed by atoms with E-state index in [9.17, 15) is 9.90 Å². The van der Waals surface area contributed by atoms with Crippen LogP contribution in [0, 0.1) is 5.92 Å². The van der Waals surface area contributed by atoms with Crippen LogP contribution in [0.25, 0.3) is 10.8 Å². The number of carbonyl (C=O) groups excluding carboxylic acids is 1. The zero-order valence-electron chi connectivity index (χ0n) is 15.4. The van der Waals surface area contributed by atoms with Gasteiger partial charge in [0.2, 0.25) is 5.91 Å². The summed E-state index contributed by atoms with van der Waals surface area (Å²) in [7, 11) is 0. The third-order valence-corrected chi connectivity index (χ3v) is 4.58. The van der Waals surface area contributed by atoms with E-state index in [2.05, 4.69) is 0 Å². The third-order valence-electron chi connectivity index (χ3n) is 4.58. The Morgan fingerprint density at radius 3 is 2.17 bits per heavy atom. The smallest absolute Gasteiger partial charge is 0.223 e. The molecule has 2 aromatic rings. The average Bonchev–Trinajstić information content (AvgIpc) is 2.52. The fraction of sp³-hybridized carbons (Fsp3) is 0.476. The maximum Gasteiger partial charge on any atom is 0.223 e. The van der Waals surface area contributed by atoms with Gasteiger partial charge in [0.15, 0.2) is 0 Å². The number of hydrogen-bond acceptors (Lipinski definition) is 2. The molecule has 2 atom stereocenters. The van der Waals surface area contributed by atoms with E-state index in [0.717, 1.165) is 16.3 Å². The van der Waals surface area contributed by atoms with Crippen molar-refractivity contribution in [3.8, 4) is 0 Å². The first kappa shape index (κ1) is 18.5. The minimum Gasteiger partial charge on any atom is -0.388 e. The number of nitrogens with zero attached hydrogens (tertiary/aromatic N) is 1.